The van der Waals surface area contributed by atoms with E-state index in [2.05, 4.69) is 4.72 Å². The summed E-state index contributed by atoms with van der Waals surface area (Å²) < 4.78 is 33.1. The maximum absolute atomic E-state index is 13.1. The number of ether oxygens (including phenoxy) is 1. The molecule has 2 aromatic carbocycles. The van der Waals surface area contributed by atoms with E-state index < -0.39 is 10.0 Å². The lowest BCUT2D eigenvalue weighted by molar-refractivity contribution is -0.135. The molecule has 4 rings (SSSR count). The average Bonchev–Trinajstić information content (AvgIpc) is 3.56. The number of rotatable bonds is 6. The second-order valence-corrected chi connectivity index (χ2v) is 9.53. The summed E-state index contributed by atoms with van der Waals surface area (Å²) in [7, 11) is -2.05. The topological polar surface area (TPSA) is 75.7 Å². The first-order valence-electron chi connectivity index (χ1n) is 9.96. The number of piperidine rings is 1. The van der Waals surface area contributed by atoms with E-state index in [9.17, 15) is 13.2 Å². The Morgan fingerprint density at radius 3 is 2.21 bits per heavy atom. The van der Waals surface area contributed by atoms with Crippen LogP contribution in [-0.2, 0) is 20.2 Å². The number of likely N-dealkylation sites (tertiary alicyclic amines) is 1. The fourth-order valence-electron chi connectivity index (χ4n) is 4.05. The molecule has 0 aromatic heterocycles. The molecule has 2 aliphatic rings. The Bertz CT molecular complexity index is 962. The molecule has 1 aliphatic carbocycles. The van der Waals surface area contributed by atoms with Gasteiger partial charge in [0.2, 0.25) is 15.9 Å². The van der Waals surface area contributed by atoms with Crippen molar-refractivity contribution in [2.45, 2.75) is 42.0 Å². The van der Waals surface area contributed by atoms with Gasteiger partial charge in [0.15, 0.2) is 0 Å². The molecule has 2 aromatic rings. The Kier molecular flexibility index (Phi) is 5.36. The number of nitrogens with one attached hydrogen (secondary N) is 1. The van der Waals surface area contributed by atoms with Crippen LogP contribution in [-0.4, -0.2) is 45.5 Å². The van der Waals surface area contributed by atoms with Gasteiger partial charge < -0.3 is 9.64 Å². The van der Waals surface area contributed by atoms with E-state index in [1.807, 2.05) is 35.2 Å². The highest BCUT2D eigenvalue weighted by Gasteiger charge is 2.53. The smallest absolute Gasteiger partial charge is 0.240 e. The molecule has 0 radical (unpaired) electrons. The zero-order valence-electron chi connectivity index (χ0n) is 16.5. The molecule has 1 heterocycles. The maximum atomic E-state index is 13.1. The van der Waals surface area contributed by atoms with E-state index in [-0.39, 0.29) is 22.3 Å². The van der Waals surface area contributed by atoms with Gasteiger partial charge in [-0.1, -0.05) is 30.3 Å². The van der Waals surface area contributed by atoms with Crippen molar-refractivity contribution in [2.24, 2.45) is 0 Å². The molecule has 154 valence electrons. The van der Waals surface area contributed by atoms with E-state index in [0.29, 0.717) is 31.7 Å². The van der Waals surface area contributed by atoms with Crippen LogP contribution in [0.5, 0.6) is 5.75 Å². The van der Waals surface area contributed by atoms with Gasteiger partial charge in [0.05, 0.1) is 17.4 Å². The number of hydrogen-bond donors (Lipinski definition) is 1. The SMILES string of the molecule is COc1ccc(S(=O)(=O)NC2CCN(C(=O)C3(c4ccccc4)CC3)CC2)cc1. The van der Waals surface area contributed by atoms with Gasteiger partial charge in [-0.3, -0.25) is 4.79 Å². The largest absolute Gasteiger partial charge is 0.497 e. The predicted octanol–water partition coefficient (Wildman–Crippen LogP) is 2.70. The summed E-state index contributed by atoms with van der Waals surface area (Å²) in [6.45, 7) is 1.15. The number of carbonyl (C=O) groups is 1. The summed E-state index contributed by atoms with van der Waals surface area (Å²) in [5.74, 6) is 0.795. The van der Waals surface area contributed by atoms with Crippen molar-refractivity contribution in [3.8, 4) is 5.75 Å². The summed E-state index contributed by atoms with van der Waals surface area (Å²) >= 11 is 0. The van der Waals surface area contributed by atoms with Crippen LogP contribution >= 0.6 is 0 Å². The molecule has 1 amide bonds. The van der Waals surface area contributed by atoms with Crippen LogP contribution < -0.4 is 9.46 Å². The van der Waals surface area contributed by atoms with Gasteiger partial charge in [0, 0.05) is 19.1 Å². The highest BCUT2D eigenvalue weighted by molar-refractivity contribution is 7.89. The second kappa shape index (κ2) is 7.80. The molecule has 1 saturated heterocycles. The van der Waals surface area contributed by atoms with Gasteiger partial charge in [-0.15, -0.1) is 0 Å². The van der Waals surface area contributed by atoms with Crippen LogP contribution in [0.15, 0.2) is 59.5 Å². The van der Waals surface area contributed by atoms with Crippen molar-refractivity contribution >= 4 is 15.9 Å². The van der Waals surface area contributed by atoms with Crippen molar-refractivity contribution in [2.75, 3.05) is 20.2 Å². The van der Waals surface area contributed by atoms with E-state index in [1.54, 1.807) is 19.2 Å². The van der Waals surface area contributed by atoms with E-state index in [4.69, 9.17) is 4.74 Å². The normalized spacial score (nSPS) is 19.0. The molecule has 7 heteroatoms. The monoisotopic (exact) mass is 414 g/mol. The average molecular weight is 415 g/mol. The quantitative estimate of drug-likeness (QED) is 0.789. The van der Waals surface area contributed by atoms with Gasteiger partial charge in [-0.05, 0) is 55.5 Å². The lowest BCUT2D eigenvalue weighted by Gasteiger charge is -2.34. The highest BCUT2D eigenvalue weighted by atomic mass is 32.2. The van der Waals surface area contributed by atoms with Crippen LogP contribution in [0.25, 0.3) is 0 Å². The number of benzene rings is 2. The maximum Gasteiger partial charge on any atom is 0.240 e. The molecule has 2 fully saturated rings. The Hall–Kier alpha value is -2.38. The van der Waals surface area contributed by atoms with E-state index in [1.165, 1.54) is 12.1 Å². The number of nitrogens with zero attached hydrogens (tertiary/aromatic N) is 1. The Morgan fingerprint density at radius 1 is 1.03 bits per heavy atom. The molecule has 0 atom stereocenters. The lowest BCUT2D eigenvalue weighted by Crippen LogP contribution is -2.49. The van der Waals surface area contributed by atoms with Crippen LogP contribution in [0.2, 0.25) is 0 Å². The van der Waals surface area contributed by atoms with E-state index in [0.717, 1.165) is 18.4 Å². The van der Waals surface area contributed by atoms with Crippen molar-refractivity contribution in [1.29, 1.82) is 0 Å². The molecule has 29 heavy (non-hydrogen) atoms. The predicted molar refractivity (Wildman–Crippen MR) is 110 cm³/mol. The molecular weight excluding hydrogens is 388 g/mol. The molecule has 0 spiro atoms. The third kappa shape index (κ3) is 4.02. The number of carbonyl (C=O) groups excluding carboxylic acids is 1. The van der Waals surface area contributed by atoms with Gasteiger partial charge in [-0.25, -0.2) is 13.1 Å². The first-order valence-corrected chi connectivity index (χ1v) is 11.4. The van der Waals surface area contributed by atoms with E-state index >= 15 is 0 Å². The van der Waals surface area contributed by atoms with Crippen LogP contribution in [0.1, 0.15) is 31.2 Å². The Balaban J connectivity index is 1.36. The van der Waals surface area contributed by atoms with Crippen molar-refractivity contribution in [3.63, 3.8) is 0 Å². The summed E-state index contributed by atoms with van der Waals surface area (Å²) in [6, 6.07) is 16.1. The number of sulfonamides is 1. The third-order valence-corrected chi connectivity index (χ3v) is 7.50. The summed E-state index contributed by atoms with van der Waals surface area (Å²) in [6.07, 6.45) is 3.01. The fourth-order valence-corrected chi connectivity index (χ4v) is 5.36. The van der Waals surface area contributed by atoms with Crippen LogP contribution in [0.3, 0.4) is 0 Å². The number of amides is 1. The molecular formula is C22H26N2O4S. The lowest BCUT2D eigenvalue weighted by atomic mass is 9.93. The minimum atomic E-state index is -3.59. The zero-order valence-corrected chi connectivity index (χ0v) is 17.3. The van der Waals surface area contributed by atoms with Crippen molar-refractivity contribution in [1.82, 2.24) is 9.62 Å². The van der Waals surface area contributed by atoms with Gasteiger partial charge in [0.25, 0.3) is 0 Å². The fraction of sp³-hybridized carbons (Fsp3) is 0.409. The molecule has 0 unspecified atom stereocenters. The Labute approximate surface area is 171 Å². The van der Waals surface area contributed by atoms with Crippen LogP contribution in [0.4, 0.5) is 0 Å². The van der Waals surface area contributed by atoms with Crippen molar-refractivity contribution < 1.29 is 17.9 Å². The highest BCUT2D eigenvalue weighted by Crippen LogP contribution is 2.49. The van der Waals surface area contributed by atoms with Gasteiger partial charge >= 0.3 is 0 Å². The number of hydrogen-bond acceptors (Lipinski definition) is 4. The summed E-state index contributed by atoms with van der Waals surface area (Å²) in [4.78, 5) is 15.3. The first kappa shape index (κ1) is 19.9. The zero-order chi connectivity index (χ0) is 20.5. The third-order valence-electron chi connectivity index (χ3n) is 5.96. The molecule has 0 bridgehead atoms. The minimum Gasteiger partial charge on any atom is -0.497 e. The van der Waals surface area contributed by atoms with Gasteiger partial charge in [-0.2, -0.15) is 0 Å². The molecule has 1 N–H and O–H groups in total. The van der Waals surface area contributed by atoms with Gasteiger partial charge in [0.1, 0.15) is 5.75 Å². The molecule has 1 saturated carbocycles. The molecule has 6 nitrogen and oxygen atoms in total. The minimum absolute atomic E-state index is 0.168. The first-order chi connectivity index (χ1) is 13.9. The summed E-state index contributed by atoms with van der Waals surface area (Å²) in [5, 5.41) is 0. The number of methoxy groups -OCH3 is 1. The molecule has 1 aliphatic heterocycles. The standard InChI is InChI=1S/C22H26N2O4S/c1-28-19-7-9-20(10-8-19)29(26,27)23-18-11-15-24(16-12-18)21(25)22(13-14-22)17-5-3-2-4-6-17/h2-10,18,23H,11-16H2,1H3. The van der Waals surface area contributed by atoms with Crippen molar-refractivity contribution in [3.05, 3.63) is 60.2 Å². The Morgan fingerprint density at radius 2 is 1.66 bits per heavy atom. The summed E-state index contributed by atoms with van der Waals surface area (Å²) in [5.41, 5.74) is 0.726. The second-order valence-electron chi connectivity index (χ2n) is 7.81. The van der Waals surface area contributed by atoms with Crippen LogP contribution in [0, 0.1) is 0 Å².